The number of piperazine rings is 2. The van der Waals surface area contributed by atoms with Crippen molar-refractivity contribution in [1.82, 2.24) is 19.8 Å². The highest BCUT2D eigenvalue weighted by molar-refractivity contribution is 5.73. The van der Waals surface area contributed by atoms with Crippen molar-refractivity contribution in [3.05, 3.63) is 12.3 Å². The molecule has 26 heavy (non-hydrogen) atoms. The van der Waals surface area contributed by atoms with Gasteiger partial charge >= 0.3 is 6.09 Å². The van der Waals surface area contributed by atoms with Gasteiger partial charge in [-0.3, -0.25) is 4.79 Å². The second-order valence-corrected chi connectivity index (χ2v) is 6.38. The minimum atomic E-state index is -0.259. The predicted molar refractivity (Wildman–Crippen MR) is 97.3 cm³/mol. The molecule has 2 fully saturated rings. The minimum absolute atomic E-state index is 0.118. The lowest BCUT2D eigenvalue weighted by Gasteiger charge is -2.36. The van der Waals surface area contributed by atoms with E-state index in [0.717, 1.165) is 18.9 Å². The average molecular weight is 362 g/mol. The van der Waals surface area contributed by atoms with E-state index in [1.165, 1.54) is 0 Å². The van der Waals surface area contributed by atoms with Crippen molar-refractivity contribution in [2.45, 2.75) is 13.8 Å². The van der Waals surface area contributed by atoms with Gasteiger partial charge in [-0.25, -0.2) is 9.78 Å². The molecule has 0 N–H and O–H groups in total. The van der Waals surface area contributed by atoms with E-state index < -0.39 is 0 Å². The van der Waals surface area contributed by atoms with Crippen molar-refractivity contribution in [3.63, 3.8) is 0 Å². The number of carbonyl (C=O) groups excluding carboxylic acids is 2. The highest BCUT2D eigenvalue weighted by Gasteiger charge is 2.24. The van der Waals surface area contributed by atoms with E-state index in [9.17, 15) is 9.59 Å². The number of carbonyl (C=O) groups is 2. The van der Waals surface area contributed by atoms with Crippen LogP contribution in [0, 0.1) is 0 Å². The Balaban J connectivity index is 1.58. The van der Waals surface area contributed by atoms with Crippen molar-refractivity contribution < 1.29 is 14.3 Å². The van der Waals surface area contributed by atoms with Crippen LogP contribution in [-0.2, 0) is 9.53 Å². The van der Waals surface area contributed by atoms with Crippen LogP contribution in [-0.4, -0.2) is 90.7 Å². The second kappa shape index (κ2) is 8.20. The van der Waals surface area contributed by atoms with E-state index in [1.807, 2.05) is 17.9 Å². The molecule has 0 radical (unpaired) electrons. The normalized spacial score (nSPS) is 18.1. The first-order valence-electron chi connectivity index (χ1n) is 9.08. The third-order valence-electron chi connectivity index (χ3n) is 4.77. The fourth-order valence-corrected chi connectivity index (χ4v) is 3.22. The van der Waals surface area contributed by atoms with Crippen LogP contribution in [0.3, 0.4) is 0 Å². The largest absolute Gasteiger partial charge is 0.450 e. The molecule has 9 nitrogen and oxygen atoms in total. The zero-order chi connectivity index (χ0) is 18.5. The molecule has 0 aromatic carbocycles. The maximum Gasteiger partial charge on any atom is 0.409 e. The number of amides is 2. The summed E-state index contributed by atoms with van der Waals surface area (Å²) in [6.07, 6.45) is 1.51. The molecule has 2 saturated heterocycles. The molecule has 3 rings (SSSR count). The summed E-state index contributed by atoms with van der Waals surface area (Å²) in [6, 6.07) is 1.90. The second-order valence-electron chi connectivity index (χ2n) is 6.38. The minimum Gasteiger partial charge on any atom is -0.450 e. The summed E-state index contributed by atoms with van der Waals surface area (Å²) in [5.74, 6) is 1.68. The Kier molecular flexibility index (Phi) is 5.75. The summed E-state index contributed by atoms with van der Waals surface area (Å²) in [6.45, 7) is 9.34. The zero-order valence-electron chi connectivity index (χ0n) is 15.4. The fourth-order valence-electron chi connectivity index (χ4n) is 3.22. The standard InChI is InChI=1S/C17H26N6O3/c1-3-26-17(25)23-12-10-22(11-13-23)16-18-5-4-15(19-16)21-8-6-20(7-9-21)14(2)24/h4-5H,3,6-13H2,1-2H3. The first kappa shape index (κ1) is 18.2. The van der Waals surface area contributed by atoms with Gasteiger partial charge in [0.1, 0.15) is 5.82 Å². The van der Waals surface area contributed by atoms with Gasteiger partial charge in [-0.05, 0) is 13.0 Å². The van der Waals surface area contributed by atoms with Gasteiger partial charge in [0.15, 0.2) is 0 Å². The van der Waals surface area contributed by atoms with Crippen LogP contribution in [0.4, 0.5) is 16.6 Å². The quantitative estimate of drug-likeness (QED) is 0.771. The van der Waals surface area contributed by atoms with E-state index in [2.05, 4.69) is 14.8 Å². The van der Waals surface area contributed by atoms with Gasteiger partial charge in [0.2, 0.25) is 11.9 Å². The highest BCUT2D eigenvalue weighted by atomic mass is 16.6. The van der Waals surface area contributed by atoms with Crippen LogP contribution < -0.4 is 9.80 Å². The Morgan fingerprint density at radius 1 is 1.00 bits per heavy atom. The molecule has 0 bridgehead atoms. The molecule has 1 aromatic heterocycles. The molecule has 0 atom stereocenters. The van der Waals surface area contributed by atoms with Crippen molar-refractivity contribution in [2.24, 2.45) is 0 Å². The molecule has 3 heterocycles. The number of nitrogens with zero attached hydrogens (tertiary/aromatic N) is 6. The topological polar surface area (TPSA) is 82.1 Å². The van der Waals surface area contributed by atoms with Gasteiger partial charge in [0, 0.05) is 65.5 Å². The van der Waals surface area contributed by atoms with Crippen LogP contribution in [0.1, 0.15) is 13.8 Å². The number of ether oxygens (including phenoxy) is 1. The summed E-state index contributed by atoms with van der Waals surface area (Å²) in [7, 11) is 0. The molecule has 0 aliphatic carbocycles. The summed E-state index contributed by atoms with van der Waals surface area (Å²) in [5, 5.41) is 0. The summed E-state index contributed by atoms with van der Waals surface area (Å²) >= 11 is 0. The highest BCUT2D eigenvalue weighted by Crippen LogP contribution is 2.18. The lowest BCUT2D eigenvalue weighted by atomic mass is 10.3. The van der Waals surface area contributed by atoms with Crippen LogP contribution in [0.25, 0.3) is 0 Å². The molecule has 1 aromatic rings. The lowest BCUT2D eigenvalue weighted by Crippen LogP contribution is -2.50. The van der Waals surface area contributed by atoms with Gasteiger partial charge in [-0.15, -0.1) is 0 Å². The molecule has 2 aliphatic rings. The zero-order valence-corrected chi connectivity index (χ0v) is 15.4. The summed E-state index contributed by atoms with van der Waals surface area (Å²) in [5.41, 5.74) is 0. The summed E-state index contributed by atoms with van der Waals surface area (Å²) in [4.78, 5) is 40.2. The maximum atomic E-state index is 11.8. The molecule has 0 saturated carbocycles. The number of hydrogen-bond donors (Lipinski definition) is 0. The van der Waals surface area contributed by atoms with Crippen molar-refractivity contribution in [2.75, 3.05) is 68.8 Å². The van der Waals surface area contributed by atoms with Crippen molar-refractivity contribution in [1.29, 1.82) is 0 Å². The third kappa shape index (κ3) is 4.14. The van der Waals surface area contributed by atoms with Gasteiger partial charge in [0.05, 0.1) is 6.61 Å². The predicted octanol–water partition coefficient (Wildman–Crippen LogP) is 0.424. The third-order valence-corrected chi connectivity index (χ3v) is 4.77. The molecule has 0 unspecified atom stereocenters. The molecule has 2 amide bonds. The first-order valence-corrected chi connectivity index (χ1v) is 9.08. The molecular formula is C17H26N6O3. The van der Waals surface area contributed by atoms with Crippen molar-refractivity contribution >= 4 is 23.8 Å². The molecule has 142 valence electrons. The number of rotatable bonds is 3. The Morgan fingerprint density at radius 3 is 2.23 bits per heavy atom. The fraction of sp³-hybridized carbons (Fsp3) is 0.647. The van der Waals surface area contributed by atoms with E-state index >= 15 is 0 Å². The van der Waals surface area contributed by atoms with Gasteiger partial charge in [-0.1, -0.05) is 0 Å². The van der Waals surface area contributed by atoms with E-state index in [-0.39, 0.29) is 12.0 Å². The monoisotopic (exact) mass is 362 g/mol. The Bertz CT molecular complexity index is 639. The van der Waals surface area contributed by atoms with E-state index in [0.29, 0.717) is 51.8 Å². The Morgan fingerprint density at radius 2 is 1.62 bits per heavy atom. The maximum absolute atomic E-state index is 11.8. The smallest absolute Gasteiger partial charge is 0.409 e. The Labute approximate surface area is 153 Å². The molecular weight excluding hydrogens is 336 g/mol. The van der Waals surface area contributed by atoms with Crippen LogP contribution in [0.15, 0.2) is 12.3 Å². The van der Waals surface area contributed by atoms with Gasteiger partial charge in [0.25, 0.3) is 0 Å². The number of hydrogen-bond acceptors (Lipinski definition) is 7. The molecule has 2 aliphatic heterocycles. The molecule has 0 spiro atoms. The lowest BCUT2D eigenvalue weighted by molar-refractivity contribution is -0.129. The molecule has 9 heteroatoms. The van der Waals surface area contributed by atoms with Crippen LogP contribution in [0.2, 0.25) is 0 Å². The van der Waals surface area contributed by atoms with Crippen LogP contribution >= 0.6 is 0 Å². The summed E-state index contributed by atoms with van der Waals surface area (Å²) < 4.78 is 5.05. The van der Waals surface area contributed by atoms with Crippen molar-refractivity contribution in [3.8, 4) is 0 Å². The van der Waals surface area contributed by atoms with E-state index in [4.69, 9.17) is 9.72 Å². The van der Waals surface area contributed by atoms with Gasteiger partial charge in [-0.2, -0.15) is 4.98 Å². The number of anilines is 2. The van der Waals surface area contributed by atoms with Gasteiger partial charge < -0.3 is 24.3 Å². The van der Waals surface area contributed by atoms with Crippen LogP contribution in [0.5, 0.6) is 0 Å². The SMILES string of the molecule is CCOC(=O)N1CCN(c2nccc(N3CCN(C(C)=O)CC3)n2)CC1. The average Bonchev–Trinajstić information content (AvgIpc) is 2.68. The Hall–Kier alpha value is -2.58. The van der Waals surface area contributed by atoms with E-state index in [1.54, 1.807) is 18.0 Å². The first-order chi connectivity index (χ1) is 12.6. The number of aromatic nitrogens is 2.